The van der Waals surface area contributed by atoms with Gasteiger partial charge in [-0.15, -0.1) is 11.3 Å². The van der Waals surface area contributed by atoms with Crippen molar-refractivity contribution in [3.8, 4) is 0 Å². The molecule has 0 saturated heterocycles. The van der Waals surface area contributed by atoms with E-state index in [2.05, 4.69) is 0 Å². The quantitative estimate of drug-likeness (QED) is 0.913. The van der Waals surface area contributed by atoms with E-state index in [1.54, 1.807) is 24.3 Å². The van der Waals surface area contributed by atoms with Gasteiger partial charge in [0.25, 0.3) is 0 Å². The zero-order chi connectivity index (χ0) is 13.1. The van der Waals surface area contributed by atoms with Crippen LogP contribution in [0.25, 0.3) is 0 Å². The van der Waals surface area contributed by atoms with Crippen molar-refractivity contribution in [2.45, 2.75) is 19.6 Å². The average molecular weight is 265 g/mol. The second-order valence-electron chi connectivity index (χ2n) is 4.28. The first kappa shape index (κ1) is 13.1. The van der Waals surface area contributed by atoms with Crippen molar-refractivity contribution in [3.05, 3.63) is 52.0 Å². The minimum absolute atomic E-state index is 0.358. The fourth-order valence-electron chi connectivity index (χ4n) is 1.99. The molecular weight excluding hydrogens is 249 g/mol. The van der Waals surface area contributed by atoms with E-state index in [1.165, 1.54) is 10.9 Å². The Bertz CT molecular complexity index is 511. The first-order chi connectivity index (χ1) is 8.59. The van der Waals surface area contributed by atoms with Crippen molar-refractivity contribution < 1.29 is 9.50 Å². The van der Waals surface area contributed by atoms with E-state index in [-0.39, 0.29) is 5.82 Å². The maximum absolute atomic E-state index is 13.8. The standard InChI is InChI=1S/C14H16FNOS/c1-10(17)14-12(15)6-3-7-13(14)16(2)9-11-5-4-8-18-11/h3-8,10,17H,9H2,1-2H3/t10-/m0/s1. The highest BCUT2D eigenvalue weighted by molar-refractivity contribution is 7.09. The van der Waals surface area contributed by atoms with E-state index in [1.807, 2.05) is 35.5 Å². The lowest BCUT2D eigenvalue weighted by Gasteiger charge is -2.23. The van der Waals surface area contributed by atoms with Crippen molar-refractivity contribution in [2.75, 3.05) is 11.9 Å². The van der Waals surface area contributed by atoms with Gasteiger partial charge < -0.3 is 10.0 Å². The highest BCUT2D eigenvalue weighted by Gasteiger charge is 2.16. The van der Waals surface area contributed by atoms with Crippen LogP contribution in [-0.2, 0) is 6.54 Å². The Morgan fingerprint density at radius 2 is 2.11 bits per heavy atom. The Kier molecular flexibility index (Phi) is 3.99. The van der Waals surface area contributed by atoms with Crippen LogP contribution < -0.4 is 4.90 Å². The molecule has 2 rings (SSSR count). The van der Waals surface area contributed by atoms with Crippen molar-refractivity contribution in [3.63, 3.8) is 0 Å². The Labute approximate surface area is 110 Å². The van der Waals surface area contributed by atoms with E-state index >= 15 is 0 Å². The van der Waals surface area contributed by atoms with Gasteiger partial charge in [-0.1, -0.05) is 12.1 Å². The molecule has 96 valence electrons. The summed E-state index contributed by atoms with van der Waals surface area (Å²) >= 11 is 1.67. The minimum atomic E-state index is -0.813. The summed E-state index contributed by atoms with van der Waals surface area (Å²) in [6.45, 7) is 2.29. The van der Waals surface area contributed by atoms with Crippen molar-refractivity contribution in [1.82, 2.24) is 0 Å². The van der Waals surface area contributed by atoms with Crippen LogP contribution in [0.15, 0.2) is 35.7 Å². The van der Waals surface area contributed by atoms with Gasteiger partial charge in [0.05, 0.1) is 12.6 Å². The zero-order valence-corrected chi connectivity index (χ0v) is 11.2. The molecule has 1 heterocycles. The minimum Gasteiger partial charge on any atom is -0.389 e. The lowest BCUT2D eigenvalue weighted by atomic mass is 10.1. The first-order valence-electron chi connectivity index (χ1n) is 5.79. The highest BCUT2D eigenvalue weighted by atomic mass is 32.1. The Hall–Kier alpha value is -1.39. The molecule has 0 unspecified atom stereocenters. The molecule has 18 heavy (non-hydrogen) atoms. The number of hydrogen-bond acceptors (Lipinski definition) is 3. The molecule has 0 spiro atoms. The van der Waals surface area contributed by atoms with Crippen LogP contribution in [0.1, 0.15) is 23.5 Å². The maximum atomic E-state index is 13.8. The topological polar surface area (TPSA) is 23.5 Å². The van der Waals surface area contributed by atoms with Gasteiger partial charge in [-0.25, -0.2) is 4.39 Å². The van der Waals surface area contributed by atoms with Gasteiger partial charge in [0.15, 0.2) is 0 Å². The molecule has 0 fully saturated rings. The molecule has 0 radical (unpaired) electrons. The normalized spacial score (nSPS) is 12.4. The number of nitrogens with zero attached hydrogens (tertiary/aromatic N) is 1. The molecular formula is C14H16FNOS. The number of aliphatic hydroxyl groups is 1. The molecule has 1 aromatic carbocycles. The van der Waals surface area contributed by atoms with Gasteiger partial charge in [-0.2, -0.15) is 0 Å². The largest absolute Gasteiger partial charge is 0.389 e. The van der Waals surface area contributed by atoms with Gasteiger partial charge in [-0.3, -0.25) is 0 Å². The fraction of sp³-hybridized carbons (Fsp3) is 0.286. The predicted molar refractivity (Wildman–Crippen MR) is 73.5 cm³/mol. The number of thiophene rings is 1. The van der Waals surface area contributed by atoms with Crippen LogP contribution >= 0.6 is 11.3 Å². The third kappa shape index (κ3) is 2.71. The highest BCUT2D eigenvalue weighted by Crippen LogP contribution is 2.29. The molecule has 4 heteroatoms. The molecule has 1 atom stereocenters. The first-order valence-corrected chi connectivity index (χ1v) is 6.67. The molecule has 0 aliphatic carbocycles. The lowest BCUT2D eigenvalue weighted by molar-refractivity contribution is 0.194. The molecule has 0 bridgehead atoms. The number of benzene rings is 1. The molecule has 0 aliphatic heterocycles. The molecule has 1 aromatic heterocycles. The molecule has 0 aliphatic rings. The molecule has 2 nitrogen and oxygen atoms in total. The summed E-state index contributed by atoms with van der Waals surface area (Å²) in [6.07, 6.45) is -0.813. The third-order valence-electron chi connectivity index (χ3n) is 2.83. The summed E-state index contributed by atoms with van der Waals surface area (Å²) in [5.41, 5.74) is 1.09. The SMILES string of the molecule is C[C@H](O)c1c(F)cccc1N(C)Cc1cccs1. The van der Waals surface area contributed by atoms with Gasteiger partial charge in [0, 0.05) is 23.2 Å². The predicted octanol–water partition coefficient (Wildman–Crippen LogP) is 3.58. The van der Waals surface area contributed by atoms with Gasteiger partial charge in [0.1, 0.15) is 5.82 Å². The molecule has 2 aromatic rings. The van der Waals surface area contributed by atoms with E-state index < -0.39 is 6.10 Å². The monoisotopic (exact) mass is 265 g/mol. The summed E-state index contributed by atoms with van der Waals surface area (Å²) in [5.74, 6) is -0.361. The van der Waals surface area contributed by atoms with Crippen molar-refractivity contribution >= 4 is 17.0 Å². The number of aliphatic hydroxyl groups excluding tert-OH is 1. The maximum Gasteiger partial charge on any atom is 0.131 e. The third-order valence-corrected chi connectivity index (χ3v) is 3.69. The van der Waals surface area contributed by atoms with Crippen LogP contribution in [-0.4, -0.2) is 12.2 Å². The zero-order valence-electron chi connectivity index (χ0n) is 10.4. The second-order valence-corrected chi connectivity index (χ2v) is 5.32. The van der Waals surface area contributed by atoms with Gasteiger partial charge in [0.2, 0.25) is 0 Å². The Morgan fingerprint density at radius 1 is 1.33 bits per heavy atom. The van der Waals surface area contributed by atoms with Crippen LogP contribution in [0, 0.1) is 5.82 Å². The summed E-state index contributed by atoms with van der Waals surface area (Å²) < 4.78 is 13.8. The van der Waals surface area contributed by atoms with Crippen molar-refractivity contribution in [1.29, 1.82) is 0 Å². The van der Waals surface area contributed by atoms with E-state index in [4.69, 9.17) is 0 Å². The fourth-order valence-corrected chi connectivity index (χ4v) is 2.75. The van der Waals surface area contributed by atoms with E-state index in [0.717, 1.165) is 5.69 Å². The van der Waals surface area contributed by atoms with Gasteiger partial charge in [-0.05, 0) is 30.5 Å². The number of hydrogen-bond donors (Lipinski definition) is 1. The average Bonchev–Trinajstić information content (AvgIpc) is 2.80. The summed E-state index contributed by atoms with van der Waals surface area (Å²) in [4.78, 5) is 3.16. The second kappa shape index (κ2) is 5.50. The Balaban J connectivity index is 2.29. The number of anilines is 1. The Morgan fingerprint density at radius 3 is 2.72 bits per heavy atom. The van der Waals surface area contributed by atoms with Crippen molar-refractivity contribution in [2.24, 2.45) is 0 Å². The smallest absolute Gasteiger partial charge is 0.131 e. The van der Waals surface area contributed by atoms with Crippen LogP contribution in [0.3, 0.4) is 0 Å². The molecule has 1 N–H and O–H groups in total. The van der Waals surface area contributed by atoms with E-state index in [9.17, 15) is 9.50 Å². The number of halogens is 1. The molecule has 0 amide bonds. The van der Waals surface area contributed by atoms with Crippen LogP contribution in [0.4, 0.5) is 10.1 Å². The lowest BCUT2D eigenvalue weighted by Crippen LogP contribution is -2.18. The summed E-state index contributed by atoms with van der Waals surface area (Å²) in [5, 5.41) is 11.7. The molecule has 0 saturated carbocycles. The summed E-state index contributed by atoms with van der Waals surface area (Å²) in [7, 11) is 1.90. The van der Waals surface area contributed by atoms with E-state index in [0.29, 0.717) is 12.1 Å². The van der Waals surface area contributed by atoms with Gasteiger partial charge >= 0.3 is 0 Å². The summed E-state index contributed by atoms with van der Waals surface area (Å²) in [6, 6.07) is 8.92. The van der Waals surface area contributed by atoms with Crippen LogP contribution in [0.5, 0.6) is 0 Å². The van der Waals surface area contributed by atoms with Crippen LogP contribution in [0.2, 0.25) is 0 Å². The number of rotatable bonds is 4.